The number of ether oxygens (including phenoxy) is 1. The van der Waals surface area contributed by atoms with Crippen LogP contribution in [-0.4, -0.2) is 27.4 Å². The van der Waals surface area contributed by atoms with Crippen molar-refractivity contribution in [1.82, 2.24) is 9.78 Å². The summed E-state index contributed by atoms with van der Waals surface area (Å²) in [6, 6.07) is 16.6. The number of amides is 1. The van der Waals surface area contributed by atoms with Gasteiger partial charge in [0, 0.05) is 17.8 Å². The van der Waals surface area contributed by atoms with Gasteiger partial charge in [-0.2, -0.15) is 36.1 Å². The minimum Gasteiger partial charge on any atom is -0.442 e. The summed E-state index contributed by atoms with van der Waals surface area (Å²) in [5.41, 5.74) is -0.373. The number of carbonyl (C=O) groups excluding carboxylic acids is 2. The van der Waals surface area contributed by atoms with E-state index in [1.165, 1.54) is 42.6 Å². The predicted octanol–water partition coefficient (Wildman–Crippen LogP) is 9.00. The van der Waals surface area contributed by atoms with Crippen LogP contribution in [0, 0.1) is 0 Å². The largest absolute Gasteiger partial charge is 0.442 e. The number of para-hydroxylation sites is 1. The molecule has 0 atom stereocenters. The number of alkyl halides is 6. The van der Waals surface area contributed by atoms with Gasteiger partial charge in [-0.3, -0.25) is 4.79 Å². The number of aromatic nitrogens is 2. The molecule has 1 amide bonds. The van der Waals surface area contributed by atoms with Crippen LogP contribution in [0.15, 0.2) is 103 Å². The van der Waals surface area contributed by atoms with E-state index in [0.717, 1.165) is 35.0 Å². The predicted molar refractivity (Wildman–Crippen MR) is 157 cm³/mol. The molecule has 0 saturated carbocycles. The fourth-order valence-corrected chi connectivity index (χ4v) is 4.14. The van der Waals surface area contributed by atoms with E-state index in [1.54, 1.807) is 51.1 Å². The number of hydrogen-bond donors (Lipinski definition) is 1. The molecular weight excluding hydrogens is 600 g/mol. The molecule has 0 saturated heterocycles. The molecule has 4 aromatic rings. The van der Waals surface area contributed by atoms with Gasteiger partial charge in [-0.25, -0.2) is 4.79 Å². The zero-order chi connectivity index (χ0) is 33.0. The molecule has 0 radical (unpaired) electrons. The highest BCUT2D eigenvalue weighted by Crippen LogP contribution is 2.34. The first-order chi connectivity index (χ1) is 21.0. The molecule has 0 aliphatic heterocycles. The Morgan fingerprint density at radius 1 is 0.778 bits per heavy atom. The SMILES string of the molecule is CC(C)(C)OC(=O)n1ccc(-c2ccccc2NC(=O)C=CC=C(c2ccc(C(F)(F)F)cc2)c2ccc(C(F)(F)F)cc2)n1. The minimum absolute atomic E-state index is 0.287. The molecule has 0 spiro atoms. The summed E-state index contributed by atoms with van der Waals surface area (Å²) in [6.45, 7) is 5.16. The van der Waals surface area contributed by atoms with Crippen LogP contribution in [0.1, 0.15) is 43.0 Å². The molecule has 0 aliphatic rings. The maximum Gasteiger partial charge on any atom is 0.435 e. The Bertz CT molecular complexity index is 1670. The van der Waals surface area contributed by atoms with Gasteiger partial charge in [0.05, 0.1) is 22.5 Å². The first-order valence-electron chi connectivity index (χ1n) is 13.4. The van der Waals surface area contributed by atoms with Crippen molar-refractivity contribution < 1.29 is 40.7 Å². The van der Waals surface area contributed by atoms with E-state index in [1.807, 2.05) is 0 Å². The van der Waals surface area contributed by atoms with Gasteiger partial charge in [-0.15, -0.1) is 0 Å². The van der Waals surface area contributed by atoms with Gasteiger partial charge >= 0.3 is 18.4 Å². The second kappa shape index (κ2) is 12.8. The first kappa shape index (κ1) is 32.8. The number of halogens is 6. The smallest absolute Gasteiger partial charge is 0.435 e. The molecule has 234 valence electrons. The zero-order valence-electron chi connectivity index (χ0n) is 24.2. The molecule has 3 aromatic carbocycles. The lowest BCUT2D eigenvalue weighted by molar-refractivity contribution is -0.138. The van der Waals surface area contributed by atoms with Crippen LogP contribution < -0.4 is 5.32 Å². The van der Waals surface area contributed by atoms with E-state index in [0.29, 0.717) is 28.1 Å². The van der Waals surface area contributed by atoms with Crippen LogP contribution in [0.4, 0.5) is 36.8 Å². The van der Waals surface area contributed by atoms with Crippen LogP contribution in [0.25, 0.3) is 16.8 Å². The second-order valence-corrected chi connectivity index (χ2v) is 10.8. The molecule has 1 aromatic heterocycles. The van der Waals surface area contributed by atoms with Crippen molar-refractivity contribution >= 4 is 23.3 Å². The second-order valence-electron chi connectivity index (χ2n) is 10.8. The van der Waals surface area contributed by atoms with Crippen molar-refractivity contribution in [3.05, 3.63) is 126 Å². The summed E-state index contributed by atoms with van der Waals surface area (Å²) in [4.78, 5) is 25.2. The number of nitrogens with zero attached hydrogens (tertiary/aromatic N) is 2. The zero-order valence-corrected chi connectivity index (χ0v) is 24.2. The van der Waals surface area contributed by atoms with Gasteiger partial charge in [0.2, 0.25) is 5.91 Å². The molecule has 45 heavy (non-hydrogen) atoms. The number of nitrogens with one attached hydrogen (secondary N) is 1. The third-order valence-electron chi connectivity index (χ3n) is 6.19. The molecule has 1 heterocycles. The standard InChI is InChI=1S/C33H27F6N3O3/c1-31(2,3)45-30(44)42-20-19-28(41-42)26-7-4-5-9-27(26)40-29(43)10-6-8-25(21-11-15-23(16-12-21)32(34,35)36)22-13-17-24(18-14-22)33(37,38)39/h4-20H,1-3H3,(H,40,43). The molecule has 6 nitrogen and oxygen atoms in total. The summed E-state index contributed by atoms with van der Waals surface area (Å²) in [6.07, 6.45) is -4.49. The fourth-order valence-electron chi connectivity index (χ4n) is 4.14. The van der Waals surface area contributed by atoms with Crippen LogP contribution in [0.5, 0.6) is 0 Å². The van der Waals surface area contributed by atoms with Crippen molar-refractivity contribution in [1.29, 1.82) is 0 Å². The average molecular weight is 628 g/mol. The quantitative estimate of drug-likeness (QED) is 0.132. The third-order valence-corrected chi connectivity index (χ3v) is 6.19. The lowest BCUT2D eigenvalue weighted by Crippen LogP contribution is -2.27. The van der Waals surface area contributed by atoms with Gasteiger partial charge in [0.15, 0.2) is 0 Å². The highest BCUT2D eigenvalue weighted by atomic mass is 19.4. The van der Waals surface area contributed by atoms with E-state index in [4.69, 9.17) is 4.74 Å². The van der Waals surface area contributed by atoms with Crippen LogP contribution in [0.3, 0.4) is 0 Å². The Kier molecular flexibility index (Phi) is 9.36. The van der Waals surface area contributed by atoms with Crippen molar-refractivity contribution in [3.63, 3.8) is 0 Å². The highest BCUT2D eigenvalue weighted by Gasteiger charge is 2.31. The Labute approximate surface area is 254 Å². The van der Waals surface area contributed by atoms with E-state index in [2.05, 4.69) is 10.4 Å². The van der Waals surface area contributed by atoms with Gasteiger partial charge in [-0.05, 0) is 73.9 Å². The van der Waals surface area contributed by atoms with Crippen molar-refractivity contribution in [2.45, 2.75) is 38.7 Å². The molecule has 0 fully saturated rings. The minimum atomic E-state index is -4.57. The summed E-state index contributed by atoms with van der Waals surface area (Å²) >= 11 is 0. The lowest BCUT2D eigenvalue weighted by Gasteiger charge is -2.18. The highest BCUT2D eigenvalue weighted by molar-refractivity contribution is 6.02. The molecule has 1 N–H and O–H groups in total. The van der Waals surface area contributed by atoms with Crippen LogP contribution in [0.2, 0.25) is 0 Å². The van der Waals surface area contributed by atoms with E-state index >= 15 is 0 Å². The third kappa shape index (κ3) is 8.71. The van der Waals surface area contributed by atoms with Crippen molar-refractivity contribution in [2.24, 2.45) is 0 Å². The summed E-state index contributed by atoms with van der Waals surface area (Å²) in [7, 11) is 0. The summed E-state index contributed by atoms with van der Waals surface area (Å²) in [5.74, 6) is -0.579. The Hall–Kier alpha value is -5.13. The van der Waals surface area contributed by atoms with Gasteiger partial charge in [-0.1, -0.05) is 54.6 Å². The summed E-state index contributed by atoms with van der Waals surface area (Å²) < 4.78 is 85.0. The number of allylic oxidation sites excluding steroid dienone is 2. The number of anilines is 1. The lowest BCUT2D eigenvalue weighted by atomic mass is 9.95. The molecule has 0 bridgehead atoms. The Balaban J connectivity index is 1.59. The number of carbonyl (C=O) groups is 2. The normalized spacial score (nSPS) is 12.2. The molecule has 0 aliphatic carbocycles. The number of hydrogen-bond acceptors (Lipinski definition) is 4. The molecular formula is C33H27F6N3O3. The van der Waals surface area contributed by atoms with Gasteiger partial charge in [0.1, 0.15) is 5.60 Å². The Morgan fingerprint density at radius 3 is 1.82 bits per heavy atom. The number of rotatable bonds is 6. The molecule has 4 rings (SSSR count). The monoisotopic (exact) mass is 627 g/mol. The number of benzene rings is 3. The van der Waals surface area contributed by atoms with E-state index in [9.17, 15) is 35.9 Å². The first-order valence-corrected chi connectivity index (χ1v) is 13.4. The average Bonchev–Trinajstić information content (AvgIpc) is 3.45. The summed E-state index contributed by atoms with van der Waals surface area (Å²) in [5, 5.41) is 6.97. The van der Waals surface area contributed by atoms with Crippen molar-refractivity contribution in [3.8, 4) is 11.3 Å². The van der Waals surface area contributed by atoms with Gasteiger partial charge < -0.3 is 10.1 Å². The fraction of sp³-hybridized carbons (Fsp3) is 0.182. The molecule has 12 heteroatoms. The molecule has 0 unspecified atom stereocenters. The van der Waals surface area contributed by atoms with Crippen molar-refractivity contribution in [2.75, 3.05) is 5.32 Å². The van der Waals surface area contributed by atoms with Gasteiger partial charge in [0.25, 0.3) is 0 Å². The van der Waals surface area contributed by atoms with Crippen LogP contribution in [-0.2, 0) is 21.9 Å². The maximum atomic E-state index is 13.1. The topological polar surface area (TPSA) is 73.2 Å². The Morgan fingerprint density at radius 2 is 1.31 bits per heavy atom. The van der Waals surface area contributed by atoms with Crippen LogP contribution >= 0.6 is 0 Å². The van der Waals surface area contributed by atoms with E-state index in [-0.39, 0.29) is 5.57 Å². The maximum absolute atomic E-state index is 13.1. The van der Waals surface area contributed by atoms with E-state index < -0.39 is 41.1 Å².